The first kappa shape index (κ1) is 23.7. The van der Waals surface area contributed by atoms with Crippen LogP contribution < -0.4 is 10.2 Å². The number of carbonyl (C=O) groups excluding carboxylic acids is 1. The molecule has 3 rings (SSSR count). The van der Waals surface area contributed by atoms with Crippen molar-refractivity contribution in [3.8, 4) is 0 Å². The number of aliphatic hydroxyl groups is 2. The zero-order valence-corrected chi connectivity index (χ0v) is 19.1. The number of piperidine rings is 1. The molecule has 0 spiro atoms. The van der Waals surface area contributed by atoms with E-state index >= 15 is 0 Å². The predicted molar refractivity (Wildman–Crippen MR) is 123 cm³/mol. The fourth-order valence-electron chi connectivity index (χ4n) is 4.25. The Kier molecular flexibility index (Phi) is 8.46. The maximum Gasteiger partial charge on any atom is 0.253 e. The van der Waals surface area contributed by atoms with Crippen molar-refractivity contribution in [3.05, 3.63) is 35.0 Å². The highest BCUT2D eigenvalue weighted by molar-refractivity contribution is 6.30. The summed E-state index contributed by atoms with van der Waals surface area (Å²) in [6.07, 6.45) is 7.86. The van der Waals surface area contributed by atoms with E-state index < -0.39 is 6.23 Å². The van der Waals surface area contributed by atoms with Gasteiger partial charge in [-0.2, -0.15) is 0 Å². The first-order chi connectivity index (χ1) is 14.9. The van der Waals surface area contributed by atoms with E-state index in [0.29, 0.717) is 22.2 Å². The van der Waals surface area contributed by atoms with Gasteiger partial charge in [-0.1, -0.05) is 30.5 Å². The van der Waals surface area contributed by atoms with Gasteiger partial charge in [0.15, 0.2) is 6.23 Å². The highest BCUT2D eigenvalue weighted by Gasteiger charge is 2.27. The minimum absolute atomic E-state index is 0.117. The van der Waals surface area contributed by atoms with Gasteiger partial charge in [-0.05, 0) is 51.2 Å². The number of dihydropyridines is 1. The van der Waals surface area contributed by atoms with Crippen molar-refractivity contribution in [2.24, 2.45) is 16.8 Å². The molecule has 2 aliphatic rings. The Morgan fingerprint density at radius 3 is 2.71 bits per heavy atom. The van der Waals surface area contributed by atoms with Gasteiger partial charge in [-0.25, -0.2) is 4.98 Å². The zero-order chi connectivity index (χ0) is 22.4. The molecule has 3 N–H and O–H groups in total. The van der Waals surface area contributed by atoms with Crippen LogP contribution in [-0.4, -0.2) is 58.8 Å². The Morgan fingerprint density at radius 1 is 1.32 bits per heavy atom. The van der Waals surface area contributed by atoms with E-state index in [1.165, 1.54) is 0 Å². The SMILES string of the molecule is CC1=NC(O)C(CCCC2CCN(c3ccc(Cl)cn3)CC2)C=C1C(=O)NC(C)CO. The molecule has 1 fully saturated rings. The Balaban J connectivity index is 1.46. The van der Waals surface area contributed by atoms with Gasteiger partial charge < -0.3 is 20.4 Å². The lowest BCUT2D eigenvalue weighted by Crippen LogP contribution is -2.39. The molecule has 0 aromatic carbocycles. The van der Waals surface area contributed by atoms with Crippen LogP contribution in [0.15, 0.2) is 35.0 Å². The van der Waals surface area contributed by atoms with Crippen LogP contribution in [0.5, 0.6) is 0 Å². The lowest BCUT2D eigenvalue weighted by atomic mass is 9.87. The van der Waals surface area contributed by atoms with Crippen LogP contribution in [0.2, 0.25) is 5.02 Å². The molecule has 2 aliphatic heterocycles. The monoisotopic (exact) mass is 448 g/mol. The molecule has 3 atom stereocenters. The second-order valence-corrected chi connectivity index (χ2v) is 9.06. The molecule has 1 saturated heterocycles. The van der Waals surface area contributed by atoms with E-state index in [1.807, 2.05) is 18.2 Å². The molecule has 8 heteroatoms. The molecule has 31 heavy (non-hydrogen) atoms. The van der Waals surface area contributed by atoms with Gasteiger partial charge in [0.05, 0.1) is 17.2 Å². The van der Waals surface area contributed by atoms with Crippen molar-refractivity contribution in [1.82, 2.24) is 10.3 Å². The molecule has 0 saturated carbocycles. The summed E-state index contributed by atoms with van der Waals surface area (Å²) in [6, 6.07) is 3.53. The number of hydrogen-bond acceptors (Lipinski definition) is 6. The number of aromatic nitrogens is 1. The fraction of sp³-hybridized carbons (Fsp3) is 0.609. The standard InChI is InChI=1S/C23H33ClN4O3/c1-15(14-29)26-23(31)20-12-18(22(30)27-16(20)2)5-3-4-17-8-10-28(11-9-17)21-7-6-19(24)13-25-21/h6-7,12-13,15,17-18,22,29-30H,3-5,8-11,14H2,1-2H3,(H,26,31). The molecule has 0 aliphatic carbocycles. The summed E-state index contributed by atoms with van der Waals surface area (Å²) in [5, 5.41) is 22.9. The topological polar surface area (TPSA) is 98.1 Å². The quantitative estimate of drug-likeness (QED) is 0.568. The van der Waals surface area contributed by atoms with Crippen molar-refractivity contribution < 1.29 is 15.0 Å². The van der Waals surface area contributed by atoms with Gasteiger partial charge in [-0.15, -0.1) is 0 Å². The average Bonchev–Trinajstić information content (AvgIpc) is 2.76. The number of halogens is 1. The number of nitrogens with one attached hydrogen (secondary N) is 1. The normalized spacial score (nSPS) is 23.2. The summed E-state index contributed by atoms with van der Waals surface area (Å²) in [5.41, 5.74) is 1.04. The third-order valence-electron chi connectivity index (χ3n) is 6.18. The maximum absolute atomic E-state index is 12.4. The number of nitrogens with zero attached hydrogens (tertiary/aromatic N) is 3. The van der Waals surface area contributed by atoms with Crippen molar-refractivity contribution >= 4 is 29.0 Å². The highest BCUT2D eigenvalue weighted by atomic mass is 35.5. The van der Waals surface area contributed by atoms with Gasteiger partial charge >= 0.3 is 0 Å². The van der Waals surface area contributed by atoms with Gasteiger partial charge in [0, 0.05) is 37.0 Å². The smallest absolute Gasteiger partial charge is 0.253 e. The molecule has 0 radical (unpaired) electrons. The summed E-state index contributed by atoms with van der Waals surface area (Å²) >= 11 is 5.93. The van der Waals surface area contributed by atoms with Gasteiger partial charge in [0.2, 0.25) is 0 Å². The van der Waals surface area contributed by atoms with Crippen LogP contribution in [0, 0.1) is 11.8 Å². The largest absolute Gasteiger partial charge is 0.394 e. The van der Waals surface area contributed by atoms with E-state index in [2.05, 4.69) is 20.2 Å². The summed E-state index contributed by atoms with van der Waals surface area (Å²) < 4.78 is 0. The van der Waals surface area contributed by atoms with Crippen LogP contribution in [0.25, 0.3) is 0 Å². The second-order valence-electron chi connectivity index (χ2n) is 8.63. The first-order valence-electron chi connectivity index (χ1n) is 11.1. The maximum atomic E-state index is 12.4. The average molecular weight is 449 g/mol. The lowest BCUT2D eigenvalue weighted by molar-refractivity contribution is -0.117. The fourth-order valence-corrected chi connectivity index (χ4v) is 4.36. The van der Waals surface area contributed by atoms with Crippen LogP contribution in [0.4, 0.5) is 5.82 Å². The Hall–Kier alpha value is -1.96. The Labute approximate surface area is 189 Å². The molecular weight excluding hydrogens is 416 g/mol. The summed E-state index contributed by atoms with van der Waals surface area (Å²) in [5.74, 6) is 1.23. The minimum Gasteiger partial charge on any atom is -0.394 e. The number of pyridine rings is 1. The Morgan fingerprint density at radius 2 is 2.06 bits per heavy atom. The van der Waals surface area contributed by atoms with Crippen molar-refractivity contribution in [2.45, 2.75) is 58.2 Å². The van der Waals surface area contributed by atoms with E-state index in [1.54, 1.807) is 20.0 Å². The van der Waals surface area contributed by atoms with E-state index in [9.17, 15) is 9.90 Å². The number of rotatable bonds is 8. The van der Waals surface area contributed by atoms with Crippen molar-refractivity contribution in [1.29, 1.82) is 0 Å². The van der Waals surface area contributed by atoms with E-state index in [-0.39, 0.29) is 24.5 Å². The number of aliphatic hydroxyl groups excluding tert-OH is 2. The molecule has 0 bridgehead atoms. The number of amides is 1. The highest BCUT2D eigenvalue weighted by Crippen LogP contribution is 2.29. The first-order valence-corrected chi connectivity index (χ1v) is 11.5. The summed E-state index contributed by atoms with van der Waals surface area (Å²) in [7, 11) is 0. The van der Waals surface area contributed by atoms with Crippen LogP contribution in [-0.2, 0) is 4.79 Å². The van der Waals surface area contributed by atoms with E-state index in [4.69, 9.17) is 16.7 Å². The lowest BCUT2D eigenvalue weighted by Gasteiger charge is -2.33. The summed E-state index contributed by atoms with van der Waals surface area (Å²) in [4.78, 5) is 23.4. The van der Waals surface area contributed by atoms with Crippen LogP contribution in [0.1, 0.15) is 46.0 Å². The second kappa shape index (κ2) is 11.1. The number of carbonyl (C=O) groups is 1. The van der Waals surface area contributed by atoms with E-state index in [0.717, 1.165) is 51.0 Å². The Bertz CT molecular complexity index is 804. The minimum atomic E-state index is -0.801. The third kappa shape index (κ3) is 6.51. The number of hydrogen-bond donors (Lipinski definition) is 3. The zero-order valence-electron chi connectivity index (χ0n) is 18.3. The van der Waals surface area contributed by atoms with Gasteiger partial charge in [0.1, 0.15) is 5.82 Å². The van der Waals surface area contributed by atoms with Gasteiger partial charge in [0.25, 0.3) is 5.91 Å². The molecule has 3 heterocycles. The molecule has 170 valence electrons. The summed E-state index contributed by atoms with van der Waals surface area (Å²) in [6.45, 7) is 5.34. The predicted octanol–water partition coefficient (Wildman–Crippen LogP) is 2.95. The number of aliphatic imine (C=N–C) groups is 1. The molecule has 1 aromatic rings. The van der Waals surface area contributed by atoms with Crippen LogP contribution in [0.3, 0.4) is 0 Å². The van der Waals surface area contributed by atoms with Crippen molar-refractivity contribution in [2.75, 3.05) is 24.6 Å². The number of anilines is 1. The third-order valence-corrected chi connectivity index (χ3v) is 6.40. The molecule has 1 amide bonds. The molecule has 7 nitrogen and oxygen atoms in total. The van der Waals surface area contributed by atoms with Crippen molar-refractivity contribution in [3.63, 3.8) is 0 Å². The molecular formula is C23H33ClN4O3. The molecule has 3 unspecified atom stereocenters. The molecule has 1 aromatic heterocycles. The van der Waals surface area contributed by atoms with Gasteiger partial charge in [-0.3, -0.25) is 9.79 Å². The van der Waals surface area contributed by atoms with Crippen LogP contribution >= 0.6 is 11.6 Å².